The van der Waals surface area contributed by atoms with Gasteiger partial charge in [-0.1, -0.05) is 42.5 Å². The number of hydrogen-bond donors (Lipinski definition) is 1. The quantitative estimate of drug-likeness (QED) is 0.765. The summed E-state index contributed by atoms with van der Waals surface area (Å²) < 4.78 is 6.58. The van der Waals surface area contributed by atoms with Crippen LogP contribution in [0.15, 0.2) is 48.5 Å². The van der Waals surface area contributed by atoms with Crippen molar-refractivity contribution in [3.05, 3.63) is 65.4 Å². The third-order valence-electron chi connectivity index (χ3n) is 4.38. The van der Waals surface area contributed by atoms with E-state index in [1.165, 1.54) is 11.7 Å². The molecule has 3 rings (SSSR count). The highest BCUT2D eigenvalue weighted by molar-refractivity contribution is 5.98. The van der Waals surface area contributed by atoms with E-state index in [-0.39, 0.29) is 17.1 Å². The van der Waals surface area contributed by atoms with Crippen molar-refractivity contribution in [1.82, 2.24) is 4.57 Å². The molecule has 0 amide bonds. The summed E-state index contributed by atoms with van der Waals surface area (Å²) in [6.07, 6.45) is 0. The van der Waals surface area contributed by atoms with E-state index in [2.05, 4.69) is 6.07 Å². The van der Waals surface area contributed by atoms with E-state index >= 15 is 0 Å². The van der Waals surface area contributed by atoms with Crippen molar-refractivity contribution in [2.75, 3.05) is 7.11 Å². The summed E-state index contributed by atoms with van der Waals surface area (Å²) in [6.45, 7) is 0. The first kappa shape index (κ1) is 17.8. The Morgan fingerprint density at radius 1 is 1.04 bits per heavy atom. The zero-order valence-electron chi connectivity index (χ0n) is 14.7. The van der Waals surface area contributed by atoms with Crippen LogP contribution in [-0.2, 0) is 7.05 Å². The third-order valence-corrected chi connectivity index (χ3v) is 4.38. The van der Waals surface area contributed by atoms with Crippen LogP contribution < -0.4 is 4.74 Å². The Morgan fingerprint density at radius 2 is 1.67 bits per heavy atom. The molecule has 6 heteroatoms. The molecule has 1 aromatic heterocycles. The molecule has 0 fully saturated rings. The maximum atomic E-state index is 11.8. The molecule has 2 aromatic carbocycles. The highest BCUT2D eigenvalue weighted by atomic mass is 16.5. The number of hydrogen-bond acceptors (Lipinski definition) is 4. The van der Waals surface area contributed by atoms with E-state index < -0.39 is 5.97 Å². The fraction of sp³-hybridized carbons (Fsp3) is 0.0952. The minimum atomic E-state index is -1.15. The highest BCUT2D eigenvalue weighted by Crippen LogP contribution is 2.37. The number of carboxylic acid groups (broad SMARTS) is 1. The van der Waals surface area contributed by atoms with E-state index in [0.717, 1.165) is 11.1 Å². The Hall–Kier alpha value is -4.03. The maximum absolute atomic E-state index is 11.8. The van der Waals surface area contributed by atoms with Gasteiger partial charge in [-0.05, 0) is 22.8 Å². The highest BCUT2D eigenvalue weighted by Gasteiger charge is 2.27. The zero-order chi connectivity index (χ0) is 19.6. The van der Waals surface area contributed by atoms with Crippen LogP contribution in [-0.4, -0.2) is 22.8 Å². The monoisotopic (exact) mass is 357 g/mol. The molecule has 0 aliphatic rings. The van der Waals surface area contributed by atoms with Gasteiger partial charge in [0.2, 0.25) is 5.88 Å². The van der Waals surface area contributed by atoms with Crippen LogP contribution in [0.4, 0.5) is 0 Å². The fourth-order valence-corrected chi connectivity index (χ4v) is 3.19. The van der Waals surface area contributed by atoms with Gasteiger partial charge in [-0.25, -0.2) is 4.79 Å². The van der Waals surface area contributed by atoms with Crippen LogP contribution in [0.1, 0.15) is 21.6 Å². The first-order valence-corrected chi connectivity index (χ1v) is 8.03. The SMILES string of the molecule is COc1c(C#N)c(-c2ccc(-c3ccccc3C#N)cc2)c(C(=O)O)n1C. The maximum Gasteiger partial charge on any atom is 0.353 e. The standard InChI is InChI=1S/C21H15N3O3/c1-24-19(21(25)26)18(17(12-23)20(24)27-2)14-9-7-13(8-10-14)16-6-4-3-5-15(16)11-22/h3-10H,1-2H3,(H,25,26). The number of nitrogens with zero attached hydrogens (tertiary/aromatic N) is 3. The molecule has 1 heterocycles. The average molecular weight is 357 g/mol. The van der Waals surface area contributed by atoms with Crippen molar-refractivity contribution >= 4 is 5.97 Å². The van der Waals surface area contributed by atoms with Crippen LogP contribution in [0, 0.1) is 22.7 Å². The molecule has 3 aromatic rings. The number of benzene rings is 2. The fourth-order valence-electron chi connectivity index (χ4n) is 3.19. The second-order valence-electron chi connectivity index (χ2n) is 5.82. The van der Waals surface area contributed by atoms with Crippen molar-refractivity contribution < 1.29 is 14.6 Å². The summed E-state index contributed by atoms with van der Waals surface area (Å²) in [7, 11) is 2.94. The molecule has 1 N–H and O–H groups in total. The minimum absolute atomic E-state index is 0.0198. The van der Waals surface area contributed by atoms with Gasteiger partial charge in [-0.15, -0.1) is 0 Å². The summed E-state index contributed by atoms with van der Waals surface area (Å²) >= 11 is 0. The van der Waals surface area contributed by atoms with Crippen molar-refractivity contribution in [1.29, 1.82) is 10.5 Å². The predicted molar refractivity (Wildman–Crippen MR) is 99.2 cm³/mol. The molecule has 6 nitrogen and oxygen atoms in total. The van der Waals surface area contributed by atoms with E-state index in [1.807, 2.05) is 18.2 Å². The lowest BCUT2D eigenvalue weighted by Crippen LogP contribution is -2.06. The lowest BCUT2D eigenvalue weighted by Gasteiger charge is -2.07. The van der Waals surface area contributed by atoms with E-state index in [0.29, 0.717) is 16.7 Å². The molecule has 132 valence electrons. The summed E-state index contributed by atoms with van der Waals surface area (Å²) in [5, 5.41) is 28.4. The lowest BCUT2D eigenvalue weighted by atomic mass is 9.96. The van der Waals surface area contributed by atoms with Gasteiger partial charge in [0, 0.05) is 12.6 Å². The lowest BCUT2D eigenvalue weighted by molar-refractivity contribution is 0.0686. The van der Waals surface area contributed by atoms with E-state index in [9.17, 15) is 20.4 Å². The van der Waals surface area contributed by atoms with E-state index in [1.54, 1.807) is 43.4 Å². The van der Waals surface area contributed by atoms with Crippen molar-refractivity contribution in [3.63, 3.8) is 0 Å². The van der Waals surface area contributed by atoms with Crippen LogP contribution in [0.25, 0.3) is 22.3 Å². The molecule has 0 aliphatic heterocycles. The van der Waals surface area contributed by atoms with Gasteiger partial charge in [0.15, 0.2) is 0 Å². The largest absolute Gasteiger partial charge is 0.481 e. The molecule has 0 saturated carbocycles. The Kier molecular flexibility index (Phi) is 4.66. The molecule has 0 unspecified atom stereocenters. The minimum Gasteiger partial charge on any atom is -0.481 e. The second-order valence-corrected chi connectivity index (χ2v) is 5.82. The molecule has 0 radical (unpaired) electrons. The van der Waals surface area contributed by atoms with Gasteiger partial charge in [-0.2, -0.15) is 10.5 Å². The Morgan fingerprint density at radius 3 is 2.22 bits per heavy atom. The first-order chi connectivity index (χ1) is 13.0. The Balaban J connectivity index is 2.18. The number of ether oxygens (including phenoxy) is 1. The number of carbonyl (C=O) groups is 1. The number of carboxylic acids is 1. The molecule has 0 spiro atoms. The van der Waals surface area contributed by atoms with Gasteiger partial charge >= 0.3 is 5.97 Å². The van der Waals surface area contributed by atoms with E-state index in [4.69, 9.17) is 4.74 Å². The predicted octanol–water partition coefficient (Wildman–Crippen LogP) is 3.81. The van der Waals surface area contributed by atoms with Crippen LogP contribution in [0.3, 0.4) is 0 Å². The molecule has 0 saturated heterocycles. The van der Waals surface area contributed by atoms with Gasteiger partial charge in [0.25, 0.3) is 0 Å². The number of rotatable bonds is 4. The Labute approximate surface area is 156 Å². The summed E-state index contributed by atoms with van der Waals surface area (Å²) in [6, 6.07) is 18.5. The molecule has 27 heavy (non-hydrogen) atoms. The topological polar surface area (TPSA) is 99.0 Å². The van der Waals surface area contributed by atoms with Gasteiger partial charge in [0.05, 0.1) is 18.7 Å². The first-order valence-electron chi connectivity index (χ1n) is 8.03. The van der Waals surface area contributed by atoms with Crippen LogP contribution >= 0.6 is 0 Å². The summed E-state index contributed by atoms with van der Waals surface area (Å²) in [5.41, 5.74) is 3.21. The summed E-state index contributed by atoms with van der Waals surface area (Å²) in [5.74, 6) is -0.949. The average Bonchev–Trinajstić information content (AvgIpc) is 2.99. The third kappa shape index (κ3) is 2.90. The van der Waals surface area contributed by atoms with Crippen molar-refractivity contribution in [2.24, 2.45) is 7.05 Å². The molecule has 0 atom stereocenters. The normalized spacial score (nSPS) is 10.1. The number of methoxy groups -OCH3 is 1. The number of aromatic nitrogens is 1. The van der Waals surface area contributed by atoms with Crippen molar-refractivity contribution in [3.8, 4) is 40.3 Å². The van der Waals surface area contributed by atoms with Crippen LogP contribution in [0.5, 0.6) is 5.88 Å². The smallest absolute Gasteiger partial charge is 0.353 e. The number of nitriles is 2. The molecular formula is C21H15N3O3. The Bertz CT molecular complexity index is 1110. The van der Waals surface area contributed by atoms with Gasteiger partial charge < -0.3 is 14.4 Å². The van der Waals surface area contributed by atoms with Crippen LogP contribution in [0.2, 0.25) is 0 Å². The van der Waals surface area contributed by atoms with Gasteiger partial charge in [0.1, 0.15) is 17.3 Å². The van der Waals surface area contributed by atoms with Gasteiger partial charge in [-0.3, -0.25) is 0 Å². The second kappa shape index (κ2) is 7.07. The molecule has 0 bridgehead atoms. The molecular weight excluding hydrogens is 342 g/mol. The van der Waals surface area contributed by atoms with Crippen molar-refractivity contribution in [2.45, 2.75) is 0 Å². The number of aromatic carboxylic acids is 1. The molecule has 0 aliphatic carbocycles. The summed E-state index contributed by atoms with van der Waals surface area (Å²) in [4.78, 5) is 11.8. The zero-order valence-corrected chi connectivity index (χ0v) is 14.7.